The largest absolute Gasteiger partial charge is 0.370 e. The van der Waals surface area contributed by atoms with Gasteiger partial charge in [-0.1, -0.05) is 49.4 Å². The third-order valence-electron chi connectivity index (χ3n) is 3.86. The van der Waals surface area contributed by atoms with Gasteiger partial charge in [-0.05, 0) is 36.1 Å². The van der Waals surface area contributed by atoms with Crippen LogP contribution in [0.2, 0.25) is 0 Å². The summed E-state index contributed by atoms with van der Waals surface area (Å²) in [6.07, 6.45) is 0.954. The Bertz CT molecular complexity index is 563. The summed E-state index contributed by atoms with van der Waals surface area (Å²) in [4.78, 5) is 2.28. The molecule has 0 heterocycles. The first kappa shape index (κ1) is 14.6. The number of anilines is 1. The molecule has 2 aromatic carbocycles. The van der Waals surface area contributed by atoms with Crippen molar-refractivity contribution in [1.82, 2.24) is 0 Å². The van der Waals surface area contributed by atoms with Crippen LogP contribution in [0.5, 0.6) is 0 Å². The standard InChI is InChI=1S/C18H24N2/c1-4-17(19)16-11-7-8-12-18(16)20(3)13-15-10-6-5-9-14(15)2/h5-12,17H,4,13,19H2,1-3H3/t17-/m1/s1. The summed E-state index contributed by atoms with van der Waals surface area (Å²) in [5.41, 5.74) is 11.4. The van der Waals surface area contributed by atoms with Crippen molar-refractivity contribution < 1.29 is 0 Å². The molecule has 0 unspecified atom stereocenters. The van der Waals surface area contributed by atoms with Gasteiger partial charge < -0.3 is 10.6 Å². The Morgan fingerprint density at radius 3 is 2.40 bits per heavy atom. The molecule has 0 amide bonds. The van der Waals surface area contributed by atoms with Gasteiger partial charge >= 0.3 is 0 Å². The van der Waals surface area contributed by atoms with Gasteiger partial charge in [-0.3, -0.25) is 0 Å². The molecule has 0 fully saturated rings. The predicted molar refractivity (Wildman–Crippen MR) is 86.9 cm³/mol. The molecule has 0 aliphatic heterocycles. The Labute approximate surface area is 122 Å². The van der Waals surface area contributed by atoms with Crippen molar-refractivity contribution in [3.63, 3.8) is 0 Å². The number of benzene rings is 2. The topological polar surface area (TPSA) is 29.3 Å². The minimum Gasteiger partial charge on any atom is -0.370 e. The Morgan fingerprint density at radius 2 is 1.70 bits per heavy atom. The van der Waals surface area contributed by atoms with Gasteiger partial charge in [0.05, 0.1) is 0 Å². The average Bonchev–Trinajstić information content (AvgIpc) is 2.48. The third-order valence-corrected chi connectivity index (χ3v) is 3.86. The molecule has 106 valence electrons. The molecule has 0 saturated carbocycles. The van der Waals surface area contributed by atoms with E-state index in [9.17, 15) is 0 Å². The molecule has 0 bridgehead atoms. The lowest BCUT2D eigenvalue weighted by Crippen LogP contribution is -2.21. The zero-order valence-electron chi connectivity index (χ0n) is 12.6. The normalized spacial score (nSPS) is 12.2. The zero-order chi connectivity index (χ0) is 14.5. The molecule has 0 radical (unpaired) electrons. The van der Waals surface area contributed by atoms with Crippen LogP contribution in [0.25, 0.3) is 0 Å². The van der Waals surface area contributed by atoms with Crippen LogP contribution in [0.4, 0.5) is 5.69 Å². The molecule has 0 aliphatic rings. The molecule has 2 N–H and O–H groups in total. The maximum Gasteiger partial charge on any atom is 0.0428 e. The number of nitrogens with zero attached hydrogens (tertiary/aromatic N) is 1. The maximum atomic E-state index is 6.23. The highest BCUT2D eigenvalue weighted by Gasteiger charge is 2.12. The van der Waals surface area contributed by atoms with Gasteiger partial charge in [-0.15, -0.1) is 0 Å². The zero-order valence-corrected chi connectivity index (χ0v) is 12.6. The minimum absolute atomic E-state index is 0.102. The minimum atomic E-state index is 0.102. The van der Waals surface area contributed by atoms with E-state index in [1.165, 1.54) is 22.4 Å². The second-order valence-corrected chi connectivity index (χ2v) is 5.36. The fraction of sp³-hybridized carbons (Fsp3) is 0.333. The number of aryl methyl sites for hydroxylation is 1. The molecule has 2 nitrogen and oxygen atoms in total. The highest BCUT2D eigenvalue weighted by Crippen LogP contribution is 2.27. The quantitative estimate of drug-likeness (QED) is 0.886. The lowest BCUT2D eigenvalue weighted by atomic mass is 10.0. The van der Waals surface area contributed by atoms with Crippen LogP contribution in [-0.4, -0.2) is 7.05 Å². The van der Waals surface area contributed by atoms with Gasteiger partial charge in [0, 0.05) is 25.3 Å². The van der Waals surface area contributed by atoms with Crippen molar-refractivity contribution in [3.8, 4) is 0 Å². The maximum absolute atomic E-state index is 6.23. The van der Waals surface area contributed by atoms with E-state index in [1.54, 1.807) is 0 Å². The fourth-order valence-corrected chi connectivity index (χ4v) is 2.50. The van der Waals surface area contributed by atoms with Crippen LogP contribution in [0.1, 0.15) is 36.1 Å². The summed E-state index contributed by atoms with van der Waals surface area (Å²) < 4.78 is 0. The number of nitrogens with two attached hydrogens (primary N) is 1. The Kier molecular flexibility index (Phi) is 4.80. The molecule has 2 heteroatoms. The van der Waals surface area contributed by atoms with E-state index in [4.69, 9.17) is 5.73 Å². The predicted octanol–water partition coefficient (Wildman–Crippen LogP) is 4.04. The van der Waals surface area contributed by atoms with Gasteiger partial charge in [0.25, 0.3) is 0 Å². The first-order valence-electron chi connectivity index (χ1n) is 7.23. The molecular formula is C18H24N2. The van der Waals surface area contributed by atoms with Crippen LogP contribution < -0.4 is 10.6 Å². The molecule has 20 heavy (non-hydrogen) atoms. The molecule has 0 saturated heterocycles. The van der Waals surface area contributed by atoms with E-state index in [0.29, 0.717) is 0 Å². The summed E-state index contributed by atoms with van der Waals surface area (Å²) in [7, 11) is 2.13. The Hall–Kier alpha value is -1.80. The third kappa shape index (κ3) is 3.20. The van der Waals surface area contributed by atoms with E-state index >= 15 is 0 Å². The van der Waals surface area contributed by atoms with Gasteiger partial charge in [0.1, 0.15) is 0 Å². The molecule has 1 atom stereocenters. The summed E-state index contributed by atoms with van der Waals surface area (Å²) in [5, 5.41) is 0. The van der Waals surface area contributed by atoms with Crippen molar-refractivity contribution in [2.45, 2.75) is 32.9 Å². The summed E-state index contributed by atoms with van der Waals surface area (Å²) in [5.74, 6) is 0. The molecule has 0 aliphatic carbocycles. The Morgan fingerprint density at radius 1 is 1.05 bits per heavy atom. The summed E-state index contributed by atoms with van der Waals surface area (Å²) in [6.45, 7) is 5.19. The molecular weight excluding hydrogens is 244 g/mol. The smallest absolute Gasteiger partial charge is 0.0428 e. The molecule has 0 aromatic heterocycles. The van der Waals surface area contributed by atoms with Crippen molar-refractivity contribution in [1.29, 1.82) is 0 Å². The lowest BCUT2D eigenvalue weighted by molar-refractivity contribution is 0.694. The number of hydrogen-bond acceptors (Lipinski definition) is 2. The van der Waals surface area contributed by atoms with Crippen molar-refractivity contribution in [2.24, 2.45) is 5.73 Å². The van der Waals surface area contributed by atoms with Gasteiger partial charge in [0.15, 0.2) is 0 Å². The van der Waals surface area contributed by atoms with Crippen molar-refractivity contribution >= 4 is 5.69 Å². The second-order valence-electron chi connectivity index (χ2n) is 5.36. The van der Waals surface area contributed by atoms with Crippen LogP contribution in [-0.2, 0) is 6.54 Å². The number of rotatable bonds is 5. The molecule has 2 rings (SSSR count). The van der Waals surface area contributed by atoms with E-state index in [2.05, 4.69) is 74.3 Å². The van der Waals surface area contributed by atoms with Gasteiger partial charge in [0.2, 0.25) is 0 Å². The molecule has 2 aromatic rings. The second kappa shape index (κ2) is 6.58. The first-order chi connectivity index (χ1) is 9.63. The van der Waals surface area contributed by atoms with Gasteiger partial charge in [-0.2, -0.15) is 0 Å². The van der Waals surface area contributed by atoms with E-state index in [0.717, 1.165) is 13.0 Å². The van der Waals surface area contributed by atoms with Crippen molar-refractivity contribution in [3.05, 3.63) is 65.2 Å². The number of hydrogen-bond donors (Lipinski definition) is 1. The van der Waals surface area contributed by atoms with Crippen LogP contribution in [0.15, 0.2) is 48.5 Å². The Balaban J connectivity index is 2.26. The summed E-state index contributed by atoms with van der Waals surface area (Å²) >= 11 is 0. The first-order valence-corrected chi connectivity index (χ1v) is 7.23. The van der Waals surface area contributed by atoms with E-state index < -0.39 is 0 Å². The van der Waals surface area contributed by atoms with Crippen LogP contribution in [0, 0.1) is 6.92 Å². The highest BCUT2D eigenvalue weighted by molar-refractivity contribution is 5.55. The average molecular weight is 268 g/mol. The fourth-order valence-electron chi connectivity index (χ4n) is 2.50. The summed E-state index contributed by atoms with van der Waals surface area (Å²) in [6, 6.07) is 17.1. The lowest BCUT2D eigenvalue weighted by Gasteiger charge is -2.25. The van der Waals surface area contributed by atoms with Crippen molar-refractivity contribution in [2.75, 3.05) is 11.9 Å². The van der Waals surface area contributed by atoms with E-state index in [-0.39, 0.29) is 6.04 Å². The van der Waals surface area contributed by atoms with E-state index in [1.807, 2.05) is 0 Å². The SMILES string of the molecule is CC[C@@H](N)c1ccccc1N(C)Cc1ccccc1C. The number of para-hydroxylation sites is 1. The highest BCUT2D eigenvalue weighted by atomic mass is 15.1. The molecule has 0 spiro atoms. The van der Waals surface area contributed by atoms with Gasteiger partial charge in [-0.25, -0.2) is 0 Å². The van der Waals surface area contributed by atoms with Crippen LogP contribution in [0.3, 0.4) is 0 Å². The monoisotopic (exact) mass is 268 g/mol. The van der Waals surface area contributed by atoms with Crippen LogP contribution >= 0.6 is 0 Å².